The largest absolute Gasteiger partial charge is 0.478 e. The zero-order valence-corrected chi connectivity index (χ0v) is 19.3. The van der Waals surface area contributed by atoms with Crippen LogP contribution in [0, 0.1) is 0 Å². The van der Waals surface area contributed by atoms with E-state index < -0.39 is 23.6 Å². The number of nitrogen functional groups attached to an aromatic ring is 1. The third-order valence-corrected chi connectivity index (χ3v) is 5.70. The highest BCUT2D eigenvalue weighted by molar-refractivity contribution is 6.04. The average molecular weight is 518 g/mol. The van der Waals surface area contributed by atoms with Crippen LogP contribution in [-0.4, -0.2) is 36.3 Å². The van der Waals surface area contributed by atoms with Crippen LogP contribution >= 0.6 is 0 Å². The summed E-state index contributed by atoms with van der Waals surface area (Å²) >= 11 is 0. The molecule has 0 bridgehead atoms. The number of hydrogen-bond acceptors (Lipinski definition) is 6. The number of carboxylic acid groups (broad SMARTS) is 1. The van der Waals surface area contributed by atoms with Crippen LogP contribution in [0.15, 0.2) is 79.3 Å². The van der Waals surface area contributed by atoms with Gasteiger partial charge in [-0.1, -0.05) is 24.3 Å². The van der Waals surface area contributed by atoms with Crippen molar-refractivity contribution in [1.82, 2.24) is 19.4 Å². The van der Waals surface area contributed by atoms with E-state index >= 15 is 0 Å². The zero-order valence-electron chi connectivity index (χ0n) is 19.3. The number of hydrogen-bond donors (Lipinski definition) is 3. The maximum absolute atomic E-state index is 13.0. The van der Waals surface area contributed by atoms with E-state index in [-0.39, 0.29) is 22.8 Å². The Morgan fingerprint density at radius 1 is 0.921 bits per heavy atom. The van der Waals surface area contributed by atoms with Gasteiger partial charge in [0, 0.05) is 35.3 Å². The Kier molecular flexibility index (Phi) is 5.99. The first kappa shape index (κ1) is 24.4. The van der Waals surface area contributed by atoms with E-state index in [0.29, 0.717) is 28.2 Å². The van der Waals surface area contributed by atoms with Crippen molar-refractivity contribution >= 4 is 29.0 Å². The number of nitrogens with two attached hydrogens (primary N) is 1. The highest BCUT2D eigenvalue weighted by Crippen LogP contribution is 2.33. The fourth-order valence-corrected chi connectivity index (χ4v) is 3.90. The molecule has 0 radical (unpaired) electrons. The summed E-state index contributed by atoms with van der Waals surface area (Å²) in [5, 5.41) is 11.7. The monoisotopic (exact) mass is 518 g/mol. The Bertz CT molecular complexity index is 1700. The summed E-state index contributed by atoms with van der Waals surface area (Å²) in [4.78, 5) is 36.7. The minimum Gasteiger partial charge on any atom is -0.478 e. The number of rotatable bonds is 5. The van der Waals surface area contributed by atoms with Crippen molar-refractivity contribution in [3.05, 3.63) is 95.9 Å². The molecule has 5 rings (SSSR count). The lowest BCUT2D eigenvalue weighted by molar-refractivity contribution is -0.137. The number of pyridine rings is 1. The Hall–Kier alpha value is -5.26. The first-order valence-corrected chi connectivity index (χ1v) is 11.0. The van der Waals surface area contributed by atoms with Gasteiger partial charge in [-0.25, -0.2) is 19.7 Å². The molecule has 0 spiro atoms. The maximum Gasteiger partial charge on any atom is 0.416 e. The van der Waals surface area contributed by atoms with Crippen molar-refractivity contribution in [2.45, 2.75) is 6.18 Å². The molecule has 5 aromatic rings. The first-order valence-electron chi connectivity index (χ1n) is 11.0. The van der Waals surface area contributed by atoms with Crippen LogP contribution in [0.3, 0.4) is 0 Å². The van der Waals surface area contributed by atoms with Crippen LogP contribution in [-0.2, 0) is 6.18 Å². The summed E-state index contributed by atoms with van der Waals surface area (Å²) < 4.78 is 40.5. The molecule has 0 aliphatic carbocycles. The standard InChI is InChI=1S/C26H17F3N6O3/c27-26(28,29)18-8-9-31-19(13-18)33-24(36)15-6-4-14(5-7-15)20-21-22(30)32-10-11-35(21)23(34-20)16-2-1-3-17(12-16)25(37)38/h1-13H,(H2,30,32)(H,37,38)(H,31,33,36). The number of amides is 1. The number of aromatic nitrogens is 4. The molecule has 4 N–H and O–H groups in total. The molecule has 38 heavy (non-hydrogen) atoms. The van der Waals surface area contributed by atoms with Gasteiger partial charge in [0.25, 0.3) is 5.91 Å². The SMILES string of the molecule is Nc1nccn2c(-c3cccc(C(=O)O)c3)nc(-c3ccc(C(=O)Nc4cc(C(F)(F)F)ccn4)cc3)c12. The normalized spacial score (nSPS) is 11.4. The van der Waals surface area contributed by atoms with Crippen molar-refractivity contribution in [3.8, 4) is 22.6 Å². The lowest BCUT2D eigenvalue weighted by Crippen LogP contribution is -2.14. The average Bonchev–Trinajstić information content (AvgIpc) is 3.29. The minimum atomic E-state index is -4.57. The first-order chi connectivity index (χ1) is 18.1. The molecule has 1 amide bonds. The van der Waals surface area contributed by atoms with Gasteiger partial charge >= 0.3 is 12.1 Å². The number of nitrogens with one attached hydrogen (secondary N) is 1. The fourth-order valence-electron chi connectivity index (χ4n) is 3.90. The molecule has 9 nitrogen and oxygen atoms in total. The number of nitrogens with zero attached hydrogens (tertiary/aromatic N) is 4. The smallest absolute Gasteiger partial charge is 0.416 e. The fraction of sp³-hybridized carbons (Fsp3) is 0.0385. The number of fused-ring (bicyclic) bond motifs is 1. The number of carbonyl (C=O) groups is 2. The van der Waals surface area contributed by atoms with Gasteiger partial charge in [-0.15, -0.1) is 0 Å². The highest BCUT2D eigenvalue weighted by atomic mass is 19.4. The van der Waals surface area contributed by atoms with Crippen molar-refractivity contribution in [3.63, 3.8) is 0 Å². The lowest BCUT2D eigenvalue weighted by atomic mass is 10.1. The van der Waals surface area contributed by atoms with Crippen molar-refractivity contribution < 1.29 is 27.9 Å². The molecule has 3 heterocycles. The minimum absolute atomic E-state index is 0.0912. The number of alkyl halides is 3. The van der Waals surface area contributed by atoms with Gasteiger partial charge in [-0.05, 0) is 36.4 Å². The van der Waals surface area contributed by atoms with Gasteiger partial charge < -0.3 is 16.2 Å². The van der Waals surface area contributed by atoms with E-state index in [4.69, 9.17) is 10.7 Å². The van der Waals surface area contributed by atoms with Crippen molar-refractivity contribution in [2.24, 2.45) is 0 Å². The summed E-state index contributed by atoms with van der Waals surface area (Å²) in [6.07, 6.45) is -0.460. The topological polar surface area (TPSA) is 136 Å². The van der Waals surface area contributed by atoms with Gasteiger partial charge in [0.05, 0.1) is 11.1 Å². The second-order valence-electron chi connectivity index (χ2n) is 8.16. The zero-order chi connectivity index (χ0) is 27.0. The lowest BCUT2D eigenvalue weighted by Gasteiger charge is -2.09. The molecule has 0 atom stereocenters. The molecule has 0 aliphatic heterocycles. The molecule has 0 fully saturated rings. The van der Waals surface area contributed by atoms with Crippen LogP contribution in [0.4, 0.5) is 24.8 Å². The van der Waals surface area contributed by atoms with E-state index in [1.54, 1.807) is 34.9 Å². The number of aromatic carboxylic acids is 1. The van der Waals surface area contributed by atoms with Gasteiger partial charge in [0.2, 0.25) is 0 Å². The number of anilines is 2. The summed E-state index contributed by atoms with van der Waals surface area (Å²) in [6.45, 7) is 0. The van der Waals surface area contributed by atoms with Crippen molar-refractivity contribution in [1.29, 1.82) is 0 Å². The van der Waals surface area contributed by atoms with Crippen LogP contribution in [0.5, 0.6) is 0 Å². The molecular formula is C26H17F3N6O3. The van der Waals surface area contributed by atoms with Crippen LogP contribution in [0.1, 0.15) is 26.3 Å². The quantitative estimate of drug-likeness (QED) is 0.298. The van der Waals surface area contributed by atoms with Gasteiger partial charge in [0.15, 0.2) is 0 Å². The van der Waals surface area contributed by atoms with Crippen LogP contribution in [0.25, 0.3) is 28.2 Å². The number of carbonyl (C=O) groups excluding carboxylic acids is 1. The predicted molar refractivity (Wildman–Crippen MR) is 132 cm³/mol. The van der Waals surface area contributed by atoms with Crippen LogP contribution < -0.4 is 11.1 Å². The number of benzene rings is 2. The molecular weight excluding hydrogens is 501 g/mol. The van der Waals surface area contributed by atoms with Gasteiger partial charge in [-0.3, -0.25) is 9.20 Å². The highest BCUT2D eigenvalue weighted by Gasteiger charge is 2.31. The Labute approximate surface area is 212 Å². The molecule has 3 aromatic heterocycles. The summed E-state index contributed by atoms with van der Waals surface area (Å²) in [5.41, 5.74) is 7.54. The summed E-state index contributed by atoms with van der Waals surface area (Å²) in [6, 6.07) is 14.0. The predicted octanol–water partition coefficient (Wildman–Crippen LogP) is 5.01. The molecule has 0 saturated carbocycles. The molecule has 0 saturated heterocycles. The Morgan fingerprint density at radius 3 is 2.39 bits per heavy atom. The number of carboxylic acids is 1. The van der Waals surface area contributed by atoms with E-state index in [1.807, 2.05) is 0 Å². The molecule has 0 unspecified atom stereocenters. The summed E-state index contributed by atoms with van der Waals surface area (Å²) in [7, 11) is 0. The van der Waals surface area contributed by atoms with E-state index in [0.717, 1.165) is 18.3 Å². The second kappa shape index (κ2) is 9.32. The number of imidazole rings is 1. The maximum atomic E-state index is 13.0. The van der Waals surface area contributed by atoms with Gasteiger partial charge in [-0.2, -0.15) is 13.2 Å². The van der Waals surface area contributed by atoms with E-state index in [1.165, 1.54) is 30.5 Å². The van der Waals surface area contributed by atoms with Gasteiger partial charge in [0.1, 0.15) is 28.7 Å². The van der Waals surface area contributed by atoms with E-state index in [2.05, 4.69) is 15.3 Å². The number of halogens is 3. The van der Waals surface area contributed by atoms with E-state index in [9.17, 15) is 27.9 Å². The summed E-state index contributed by atoms with van der Waals surface area (Å²) in [5.74, 6) is -1.34. The third kappa shape index (κ3) is 4.62. The second-order valence-corrected chi connectivity index (χ2v) is 8.16. The Morgan fingerprint density at radius 2 is 1.68 bits per heavy atom. The molecule has 12 heteroatoms. The third-order valence-electron chi connectivity index (χ3n) is 5.70. The Balaban J connectivity index is 1.49. The van der Waals surface area contributed by atoms with Crippen LogP contribution in [0.2, 0.25) is 0 Å². The van der Waals surface area contributed by atoms with Crippen molar-refractivity contribution in [2.75, 3.05) is 11.1 Å². The molecule has 2 aromatic carbocycles. The molecule has 190 valence electrons. The molecule has 0 aliphatic rings.